The van der Waals surface area contributed by atoms with Crippen LogP contribution in [-0.4, -0.2) is 87.0 Å². The minimum absolute atomic E-state index is 0.338. The normalized spacial score (nSPS) is 23.8. The van der Waals surface area contributed by atoms with Crippen molar-refractivity contribution >= 4 is 24.1 Å². The van der Waals surface area contributed by atoms with Crippen LogP contribution in [0.25, 0.3) is 12.2 Å². The lowest BCUT2D eigenvalue weighted by molar-refractivity contribution is -0.298. The lowest BCUT2D eigenvalue weighted by Gasteiger charge is -2.42. The van der Waals surface area contributed by atoms with Gasteiger partial charge in [0.2, 0.25) is 0 Å². The molecule has 5 atom stereocenters. The van der Waals surface area contributed by atoms with Gasteiger partial charge in [-0.3, -0.25) is 0 Å². The minimum Gasteiger partial charge on any atom is -0.504 e. The fourth-order valence-corrected chi connectivity index (χ4v) is 3.45. The zero-order chi connectivity index (χ0) is 27.1. The fraction of sp³-hybridized carbons (Fsp3) is 0.280. The predicted octanol–water partition coefficient (Wildman–Crippen LogP) is 0.784. The number of carbonyl (C=O) groups is 2. The van der Waals surface area contributed by atoms with Gasteiger partial charge in [0, 0.05) is 19.3 Å². The summed E-state index contributed by atoms with van der Waals surface area (Å²) in [6, 6.07) is 7.72. The number of aromatic hydroxyl groups is 4. The van der Waals surface area contributed by atoms with Gasteiger partial charge in [0.25, 0.3) is 0 Å². The third-order valence-electron chi connectivity index (χ3n) is 5.36. The summed E-state index contributed by atoms with van der Waals surface area (Å²) in [7, 11) is 1.22. The zero-order valence-electron chi connectivity index (χ0n) is 19.5. The van der Waals surface area contributed by atoms with Crippen LogP contribution in [0.15, 0.2) is 48.6 Å². The molecule has 1 saturated heterocycles. The van der Waals surface area contributed by atoms with Gasteiger partial charge in [-0.15, -0.1) is 0 Å². The Morgan fingerprint density at radius 1 is 0.838 bits per heavy atom. The second kappa shape index (κ2) is 12.2. The van der Waals surface area contributed by atoms with E-state index in [4.69, 9.17) is 18.9 Å². The first kappa shape index (κ1) is 27.5. The third kappa shape index (κ3) is 6.98. The van der Waals surface area contributed by atoms with E-state index in [0.29, 0.717) is 11.1 Å². The van der Waals surface area contributed by atoms with Gasteiger partial charge < -0.3 is 49.6 Å². The Bertz CT molecular complexity index is 1170. The number of ether oxygens (including phenoxy) is 4. The van der Waals surface area contributed by atoms with Crippen molar-refractivity contribution < 1.29 is 59.2 Å². The largest absolute Gasteiger partial charge is 0.504 e. The molecule has 0 saturated carbocycles. The summed E-state index contributed by atoms with van der Waals surface area (Å²) in [6.07, 6.45) is -2.52. The van der Waals surface area contributed by atoms with Crippen LogP contribution in [0.5, 0.6) is 23.0 Å². The van der Waals surface area contributed by atoms with Crippen molar-refractivity contribution in [3.05, 3.63) is 59.7 Å². The lowest BCUT2D eigenvalue weighted by atomic mass is 9.98. The lowest BCUT2D eigenvalue weighted by Crippen LogP contribution is -2.61. The van der Waals surface area contributed by atoms with Gasteiger partial charge >= 0.3 is 11.9 Å². The first-order valence-electron chi connectivity index (χ1n) is 10.9. The van der Waals surface area contributed by atoms with Gasteiger partial charge in [-0.2, -0.15) is 0 Å². The molecule has 0 amide bonds. The van der Waals surface area contributed by atoms with Crippen LogP contribution in [0.1, 0.15) is 11.1 Å². The SMILES string of the molecule is CO[C@@H]1O[C@H](CO)[C@@H](O)[C@H](OC(=O)/C=C/c2ccc(O)c(O)c2)[C@H]1OC(=O)/C=C/c1ccc(O)c(O)c1. The molecule has 0 spiro atoms. The van der Waals surface area contributed by atoms with Gasteiger partial charge in [0.1, 0.15) is 12.2 Å². The Hall–Kier alpha value is -4.10. The van der Waals surface area contributed by atoms with Crippen molar-refractivity contribution in [3.63, 3.8) is 0 Å². The number of aliphatic hydroxyl groups is 2. The molecule has 0 aliphatic carbocycles. The molecule has 0 bridgehead atoms. The second-order valence-electron chi connectivity index (χ2n) is 7.92. The van der Waals surface area contributed by atoms with E-state index in [1.54, 1.807) is 0 Å². The van der Waals surface area contributed by atoms with E-state index in [1.807, 2.05) is 0 Å². The number of hydrogen-bond acceptors (Lipinski definition) is 12. The van der Waals surface area contributed by atoms with E-state index in [0.717, 1.165) is 12.2 Å². The van der Waals surface area contributed by atoms with E-state index in [-0.39, 0.29) is 11.5 Å². The highest BCUT2D eigenvalue weighted by molar-refractivity contribution is 5.88. The van der Waals surface area contributed by atoms with Crippen LogP contribution in [0.2, 0.25) is 0 Å². The fourth-order valence-electron chi connectivity index (χ4n) is 3.45. The van der Waals surface area contributed by atoms with Crippen molar-refractivity contribution in [1.82, 2.24) is 0 Å². The topological polar surface area (TPSA) is 192 Å². The number of rotatable bonds is 8. The van der Waals surface area contributed by atoms with Crippen LogP contribution in [0.4, 0.5) is 0 Å². The molecule has 12 heteroatoms. The summed E-state index contributed by atoms with van der Waals surface area (Å²) in [5, 5.41) is 58.1. The molecule has 1 aliphatic rings. The molecule has 0 unspecified atom stereocenters. The quantitative estimate of drug-likeness (QED) is 0.164. The Kier molecular flexibility index (Phi) is 9.09. The van der Waals surface area contributed by atoms with Crippen molar-refractivity contribution in [2.24, 2.45) is 0 Å². The average molecular weight is 518 g/mol. The van der Waals surface area contributed by atoms with Gasteiger partial charge in [-0.05, 0) is 47.5 Å². The van der Waals surface area contributed by atoms with E-state index < -0.39 is 60.8 Å². The average Bonchev–Trinajstić information content (AvgIpc) is 2.87. The Morgan fingerprint density at radius 3 is 1.76 bits per heavy atom. The minimum atomic E-state index is -1.60. The highest BCUT2D eigenvalue weighted by Crippen LogP contribution is 2.29. The maximum absolute atomic E-state index is 12.5. The van der Waals surface area contributed by atoms with Gasteiger partial charge in [0.15, 0.2) is 41.5 Å². The summed E-state index contributed by atoms with van der Waals surface area (Å²) in [5.74, 6) is -3.36. The van der Waals surface area contributed by atoms with E-state index >= 15 is 0 Å². The molecule has 37 heavy (non-hydrogen) atoms. The molecule has 3 rings (SSSR count). The highest BCUT2D eigenvalue weighted by atomic mass is 16.7. The number of phenolic OH excluding ortho intramolecular Hbond substituents is 4. The molecular formula is C25H26O12. The third-order valence-corrected chi connectivity index (χ3v) is 5.36. The molecule has 2 aromatic carbocycles. The molecule has 2 aromatic rings. The molecule has 1 aliphatic heterocycles. The Balaban J connectivity index is 1.77. The molecule has 0 aromatic heterocycles. The van der Waals surface area contributed by atoms with Gasteiger partial charge in [0.05, 0.1) is 6.61 Å². The number of carbonyl (C=O) groups excluding carboxylic acids is 2. The van der Waals surface area contributed by atoms with Crippen molar-refractivity contribution in [2.45, 2.75) is 30.7 Å². The van der Waals surface area contributed by atoms with Gasteiger partial charge in [-0.1, -0.05) is 12.1 Å². The number of hydrogen-bond donors (Lipinski definition) is 6. The summed E-state index contributed by atoms with van der Waals surface area (Å²) >= 11 is 0. The summed E-state index contributed by atoms with van der Waals surface area (Å²) in [5.41, 5.74) is 0.723. The zero-order valence-corrected chi connectivity index (χ0v) is 19.5. The Morgan fingerprint density at radius 2 is 1.32 bits per heavy atom. The summed E-state index contributed by atoms with van der Waals surface area (Å²) < 4.78 is 21.3. The summed E-state index contributed by atoms with van der Waals surface area (Å²) in [4.78, 5) is 25.0. The number of esters is 2. The number of phenols is 4. The van der Waals surface area contributed by atoms with Crippen LogP contribution < -0.4 is 0 Å². The van der Waals surface area contributed by atoms with Crippen LogP contribution in [0, 0.1) is 0 Å². The highest BCUT2D eigenvalue weighted by Gasteiger charge is 2.49. The maximum Gasteiger partial charge on any atom is 0.331 e. The van der Waals surface area contributed by atoms with Crippen LogP contribution in [0.3, 0.4) is 0 Å². The van der Waals surface area contributed by atoms with Crippen LogP contribution >= 0.6 is 0 Å². The van der Waals surface area contributed by atoms with E-state index in [1.165, 1.54) is 55.7 Å². The van der Waals surface area contributed by atoms with Crippen molar-refractivity contribution in [2.75, 3.05) is 13.7 Å². The van der Waals surface area contributed by atoms with E-state index in [2.05, 4.69) is 0 Å². The van der Waals surface area contributed by atoms with Gasteiger partial charge in [-0.25, -0.2) is 9.59 Å². The number of benzene rings is 2. The van der Waals surface area contributed by atoms with E-state index in [9.17, 15) is 40.2 Å². The molecule has 198 valence electrons. The number of methoxy groups -OCH3 is 1. The first-order chi connectivity index (χ1) is 17.6. The standard InChI is InChI=1S/C25H26O12/c1-34-25-24(37-21(32)9-5-14-3-7-16(28)18(30)11-14)23(22(33)19(12-26)35-25)36-20(31)8-4-13-2-6-15(27)17(29)10-13/h2-11,19,22-30,33H,12H2,1H3/b8-4+,9-5+/t19-,22-,23+,24-,25-/m1/s1. The van der Waals surface area contributed by atoms with Crippen molar-refractivity contribution in [3.8, 4) is 23.0 Å². The molecule has 1 fully saturated rings. The molecule has 12 nitrogen and oxygen atoms in total. The Labute approximate surface area is 210 Å². The smallest absolute Gasteiger partial charge is 0.331 e. The second-order valence-corrected chi connectivity index (χ2v) is 7.92. The molecule has 1 heterocycles. The maximum atomic E-state index is 12.5. The first-order valence-corrected chi connectivity index (χ1v) is 10.9. The van der Waals surface area contributed by atoms with Crippen molar-refractivity contribution in [1.29, 1.82) is 0 Å². The molecule has 6 N–H and O–H groups in total. The number of aliphatic hydroxyl groups excluding tert-OH is 2. The molecule has 0 radical (unpaired) electrons. The van der Waals surface area contributed by atoms with Crippen LogP contribution in [-0.2, 0) is 28.5 Å². The predicted molar refractivity (Wildman–Crippen MR) is 126 cm³/mol. The summed E-state index contributed by atoms with van der Waals surface area (Å²) in [6.45, 7) is -0.650. The monoisotopic (exact) mass is 518 g/mol. The molecular weight excluding hydrogens is 492 g/mol.